The molecule has 0 saturated carbocycles. The van der Waals surface area contributed by atoms with E-state index in [1.165, 1.54) is 18.7 Å². The van der Waals surface area contributed by atoms with Crippen LogP contribution in [-0.2, 0) is 15.3 Å². The van der Waals surface area contributed by atoms with Crippen LogP contribution in [0, 0.1) is 6.92 Å². The number of carbonyl (C=O) groups excluding carboxylic acids is 2. The first kappa shape index (κ1) is 22.3. The second-order valence-electron chi connectivity index (χ2n) is 6.96. The molecule has 12 heteroatoms. The Labute approximate surface area is 192 Å². The molecule has 0 bridgehead atoms. The minimum absolute atomic E-state index is 0.139. The van der Waals surface area contributed by atoms with Crippen LogP contribution in [0.25, 0.3) is 16.8 Å². The van der Waals surface area contributed by atoms with Crippen LogP contribution in [0.1, 0.15) is 35.8 Å². The number of anilines is 2. The number of nitrogens with zero attached hydrogens (tertiary/aromatic N) is 5. The third-order valence-electron chi connectivity index (χ3n) is 4.57. The highest BCUT2D eigenvalue weighted by atomic mass is 32.2. The molecule has 0 aliphatic rings. The van der Waals surface area contributed by atoms with E-state index in [0.717, 1.165) is 5.69 Å². The van der Waals surface area contributed by atoms with Gasteiger partial charge in [0.1, 0.15) is 29.3 Å². The Hall–Kier alpha value is -3.93. The summed E-state index contributed by atoms with van der Waals surface area (Å²) in [6.45, 7) is 5.05. The van der Waals surface area contributed by atoms with Crippen LogP contribution in [-0.4, -0.2) is 43.2 Å². The molecule has 1 amide bonds. The molecule has 3 aromatic heterocycles. The molecule has 0 fully saturated rings. The first-order valence-corrected chi connectivity index (χ1v) is 11.0. The van der Waals surface area contributed by atoms with Gasteiger partial charge in [-0.2, -0.15) is 4.98 Å². The topological polar surface area (TPSA) is 151 Å². The van der Waals surface area contributed by atoms with Gasteiger partial charge in [0.05, 0.1) is 23.4 Å². The Kier molecular flexibility index (Phi) is 6.27. The van der Waals surface area contributed by atoms with Crippen LogP contribution in [0.2, 0.25) is 0 Å². The van der Waals surface area contributed by atoms with Crippen LogP contribution in [0.5, 0.6) is 0 Å². The minimum Gasteiger partial charge on any atom is -0.462 e. The van der Waals surface area contributed by atoms with Crippen molar-refractivity contribution in [3.63, 3.8) is 0 Å². The van der Waals surface area contributed by atoms with Crippen molar-refractivity contribution < 1.29 is 18.7 Å². The number of aryl methyl sites for hydroxylation is 1. The summed E-state index contributed by atoms with van der Waals surface area (Å²) >= 11 is 1.35. The fraction of sp³-hybridized carbons (Fsp3) is 0.238. The predicted molar refractivity (Wildman–Crippen MR) is 122 cm³/mol. The third-order valence-corrected chi connectivity index (χ3v) is 5.51. The van der Waals surface area contributed by atoms with Gasteiger partial charge >= 0.3 is 5.97 Å². The van der Waals surface area contributed by atoms with E-state index in [2.05, 4.69) is 25.5 Å². The number of benzene rings is 1. The molecule has 0 radical (unpaired) electrons. The summed E-state index contributed by atoms with van der Waals surface area (Å²) < 4.78 is 12.5. The van der Waals surface area contributed by atoms with Crippen molar-refractivity contribution in [2.45, 2.75) is 31.7 Å². The van der Waals surface area contributed by atoms with Crippen LogP contribution in [0.15, 0.2) is 40.2 Å². The van der Waals surface area contributed by atoms with Gasteiger partial charge in [-0.1, -0.05) is 17.8 Å². The number of esters is 1. The maximum Gasteiger partial charge on any atom is 0.342 e. The lowest BCUT2D eigenvalue weighted by Crippen LogP contribution is -2.07. The molecule has 4 rings (SSSR count). The molecule has 1 aromatic carbocycles. The summed E-state index contributed by atoms with van der Waals surface area (Å²) in [5, 5.41) is 11.8. The summed E-state index contributed by atoms with van der Waals surface area (Å²) in [5.74, 6) is 0.568. The van der Waals surface area contributed by atoms with Crippen LogP contribution < -0.4 is 11.1 Å². The van der Waals surface area contributed by atoms with E-state index < -0.39 is 5.97 Å². The van der Waals surface area contributed by atoms with Gasteiger partial charge in [0, 0.05) is 12.6 Å². The van der Waals surface area contributed by atoms with E-state index in [0.29, 0.717) is 33.6 Å². The van der Waals surface area contributed by atoms with Gasteiger partial charge < -0.3 is 20.2 Å². The van der Waals surface area contributed by atoms with Crippen molar-refractivity contribution in [3.05, 3.63) is 47.7 Å². The van der Waals surface area contributed by atoms with Crippen molar-refractivity contribution in [2.24, 2.45) is 0 Å². The van der Waals surface area contributed by atoms with Crippen LogP contribution in [0.3, 0.4) is 0 Å². The number of furan rings is 1. The highest BCUT2D eigenvalue weighted by molar-refractivity contribution is 7.98. The second kappa shape index (κ2) is 9.28. The molecule has 33 heavy (non-hydrogen) atoms. The summed E-state index contributed by atoms with van der Waals surface area (Å²) in [6, 6.07) is 7.32. The van der Waals surface area contributed by atoms with Gasteiger partial charge in [-0.3, -0.25) is 9.36 Å². The number of nitrogens with two attached hydrogens (primary N) is 1. The van der Waals surface area contributed by atoms with Gasteiger partial charge in [0.2, 0.25) is 11.6 Å². The average molecular weight is 468 g/mol. The number of ether oxygens (including phenoxy) is 1. The normalized spacial score (nSPS) is 11.0. The number of fused-ring (bicyclic) bond motifs is 1. The molecule has 0 saturated heterocycles. The summed E-state index contributed by atoms with van der Waals surface area (Å²) in [6.07, 6.45) is 1.58. The molecule has 11 nitrogen and oxygen atoms in total. The van der Waals surface area contributed by atoms with Gasteiger partial charge in [-0.25, -0.2) is 9.78 Å². The van der Waals surface area contributed by atoms with Gasteiger partial charge in [0.25, 0.3) is 0 Å². The number of nitrogens with one attached hydrogen (secondary N) is 1. The Morgan fingerprint density at radius 3 is 2.88 bits per heavy atom. The van der Waals surface area contributed by atoms with Crippen LogP contribution in [0.4, 0.5) is 11.5 Å². The molecular weight excluding hydrogens is 446 g/mol. The molecule has 4 aromatic rings. The molecule has 0 aliphatic heterocycles. The molecule has 0 spiro atoms. The van der Waals surface area contributed by atoms with Crippen molar-refractivity contribution in [1.82, 2.24) is 24.7 Å². The Bertz CT molecular complexity index is 1350. The number of rotatable bonds is 7. The minimum atomic E-state index is -0.527. The van der Waals surface area contributed by atoms with E-state index in [1.807, 2.05) is 18.2 Å². The molecular formula is C21H21N7O4S. The van der Waals surface area contributed by atoms with E-state index in [4.69, 9.17) is 14.9 Å². The molecule has 0 atom stereocenters. The van der Waals surface area contributed by atoms with E-state index in [1.54, 1.807) is 30.8 Å². The number of hydrogen-bond acceptors (Lipinski definition) is 10. The zero-order chi connectivity index (χ0) is 23.5. The van der Waals surface area contributed by atoms with Gasteiger partial charge in [-0.05, 0) is 32.0 Å². The van der Waals surface area contributed by atoms with Crippen molar-refractivity contribution in [3.8, 4) is 5.69 Å². The lowest BCUT2D eigenvalue weighted by Gasteiger charge is -2.09. The van der Waals surface area contributed by atoms with Crippen molar-refractivity contribution >= 4 is 46.2 Å². The molecule has 0 unspecified atom stereocenters. The largest absolute Gasteiger partial charge is 0.462 e. The summed E-state index contributed by atoms with van der Waals surface area (Å²) in [4.78, 5) is 32.4. The van der Waals surface area contributed by atoms with Crippen molar-refractivity contribution in [1.29, 1.82) is 0 Å². The smallest absolute Gasteiger partial charge is 0.342 e. The third kappa shape index (κ3) is 4.65. The lowest BCUT2D eigenvalue weighted by molar-refractivity contribution is -0.114. The molecule has 170 valence electrons. The molecule has 3 N–H and O–H groups in total. The quantitative estimate of drug-likeness (QED) is 0.306. The zero-order valence-corrected chi connectivity index (χ0v) is 19.0. The highest BCUT2D eigenvalue weighted by Crippen LogP contribution is 2.30. The van der Waals surface area contributed by atoms with Crippen LogP contribution >= 0.6 is 11.8 Å². The number of amides is 1. The fourth-order valence-corrected chi connectivity index (χ4v) is 4.05. The van der Waals surface area contributed by atoms with Crippen molar-refractivity contribution in [2.75, 3.05) is 17.7 Å². The monoisotopic (exact) mass is 467 g/mol. The van der Waals surface area contributed by atoms with Gasteiger partial charge in [-0.15, -0.1) is 10.2 Å². The Morgan fingerprint density at radius 2 is 2.12 bits per heavy atom. The van der Waals surface area contributed by atoms with E-state index in [9.17, 15) is 9.59 Å². The number of carbonyl (C=O) groups is 2. The average Bonchev–Trinajstić information content (AvgIpc) is 3.36. The first-order valence-electron chi connectivity index (χ1n) is 10.0. The Balaban J connectivity index is 1.58. The highest BCUT2D eigenvalue weighted by Gasteiger charge is 2.24. The summed E-state index contributed by atoms with van der Waals surface area (Å²) in [5.41, 5.74) is 8.05. The molecule has 3 heterocycles. The number of aromatic nitrogens is 5. The maximum atomic E-state index is 12.3. The maximum absolute atomic E-state index is 12.3. The standard InChI is InChI=1S/C21H21N7O4S/c1-4-31-20(30)16-11(2)32-19-17(16)18(22)25-15(26-19)9-33-21-27-23-10-28(21)14-7-5-6-13(8-14)24-12(3)29/h5-8,10H,4,9H2,1-3H3,(H,24,29)(H2,22,25,26). The molecule has 0 aliphatic carbocycles. The second-order valence-corrected chi connectivity index (χ2v) is 7.91. The van der Waals surface area contributed by atoms with Gasteiger partial charge in [0.15, 0.2) is 5.16 Å². The van der Waals surface area contributed by atoms with E-state index in [-0.39, 0.29) is 29.6 Å². The zero-order valence-electron chi connectivity index (χ0n) is 18.2. The van der Waals surface area contributed by atoms with E-state index >= 15 is 0 Å². The summed E-state index contributed by atoms with van der Waals surface area (Å²) in [7, 11) is 0. The number of nitrogen functional groups attached to an aromatic ring is 1. The number of hydrogen-bond donors (Lipinski definition) is 2. The fourth-order valence-electron chi connectivity index (χ4n) is 3.26. The first-order chi connectivity index (χ1) is 15.9. The lowest BCUT2D eigenvalue weighted by atomic mass is 10.2. The SMILES string of the molecule is CCOC(=O)c1c(C)oc2nc(CSc3nncn3-c3cccc(NC(C)=O)c3)nc(N)c12. The number of thioether (sulfide) groups is 1. The predicted octanol–water partition coefficient (Wildman–Crippen LogP) is 3.12. The Morgan fingerprint density at radius 1 is 1.30 bits per heavy atom.